The van der Waals surface area contributed by atoms with Gasteiger partial charge in [0.1, 0.15) is 37.3 Å². The number of nitro benzene ring substituents is 1. The Kier molecular flexibility index (Phi) is 36.1. The van der Waals surface area contributed by atoms with Crippen molar-refractivity contribution in [2.75, 3.05) is 91.4 Å². The third-order valence-electron chi connectivity index (χ3n) is 10.6. The molecule has 3 atom stereocenters. The standard InChI is InChI=1S/C15H11ClF3NO4.C15H22ClNO2.C11H11Cl2NO2.C9H16ClN5.C3H8NO5P.C3H9S/c1-2-23-14-8-10(4-5-12(14)20(21)22)24-13-6-3-9(7-11(13)16)15(17,18)19;1-5-13-8-6-7-11(2)15(13)17(14(18)9-16)12(3)10-19-4;1-7-6-16-9-5-3-2-4-8(9)14(7)11(15)10(12)13;1-5-11-7-12-6(10)13-8(14-7)15-9(2,3)4;5-3(6)1-4-2-10(7,8)9;1-4(2)3/h3-8H,2H2,1H3;6-8,12H,5,9-10H2,1-4H3;2-5,7,10H,6H2,1H3;5H2,1-4H3,(H2,11,12,13,14,15);4H,1-2H2,(H,5,6)(H2,7,8,9);1-3H3/q;;;;;+1/p-1. The summed E-state index contributed by atoms with van der Waals surface area (Å²) >= 11 is 28.6. The largest absolute Gasteiger partial charge is 0.778 e. The molecule has 1 aromatic heterocycles. The number of ether oxygens (including phenoxy) is 4. The highest BCUT2D eigenvalue weighted by Gasteiger charge is 2.33. The lowest BCUT2D eigenvalue weighted by atomic mass is 10.0. The number of methoxy groups -OCH3 is 1. The molecule has 88 heavy (non-hydrogen) atoms. The number of halogens is 8. The number of nitrogens with zero attached hydrogens (tertiary/aromatic N) is 6. The summed E-state index contributed by atoms with van der Waals surface area (Å²) < 4.78 is 69.0. The molecule has 0 saturated heterocycles. The molecule has 32 heteroatoms. The van der Waals surface area contributed by atoms with Crippen LogP contribution in [0.4, 0.5) is 42.1 Å². The Morgan fingerprint density at radius 3 is 2.10 bits per heavy atom. The highest BCUT2D eigenvalue weighted by molar-refractivity contribution is 7.94. The summed E-state index contributed by atoms with van der Waals surface area (Å²) in [6.45, 7) is 19.1. The fraction of sp³-hybridized carbons (Fsp3) is 0.464. The van der Waals surface area contributed by atoms with Gasteiger partial charge >= 0.3 is 17.8 Å². The molecule has 22 nitrogen and oxygen atoms in total. The van der Waals surface area contributed by atoms with Crippen molar-refractivity contribution in [2.24, 2.45) is 0 Å². The molecule has 5 N–H and O–H groups in total. The first-order valence-electron chi connectivity index (χ1n) is 26.6. The number of alkyl halides is 6. The van der Waals surface area contributed by atoms with Crippen molar-refractivity contribution in [2.45, 2.75) is 97.4 Å². The number of fused-ring (bicyclic) bond motifs is 1. The molecule has 2 amide bonds. The number of carboxylic acids is 1. The number of rotatable bonds is 19. The SMILES string of the molecule is CC1COc2ccccc2N1C(=O)C(Cl)Cl.CCNc1nc(Cl)nc(NC(C)(C)C)n1.CCOc1cc(Oc2ccc(C(F)(F)F)cc2Cl)ccc1[N+](=O)[O-].CCc1cccc(C)c1N(C(=O)CCl)C(C)COC.C[S+](C)C.O=C(O)CNCP(=O)([O-])O. The molecule has 6 rings (SSSR count). The summed E-state index contributed by atoms with van der Waals surface area (Å²) in [6, 6.07) is 19.7. The lowest BCUT2D eigenvalue weighted by Gasteiger charge is -2.35. The third kappa shape index (κ3) is 30.2. The first-order valence-corrected chi connectivity index (χ1v) is 32.9. The van der Waals surface area contributed by atoms with Crippen LogP contribution in [0.25, 0.3) is 0 Å². The highest BCUT2D eigenvalue weighted by Crippen LogP contribution is 2.39. The van der Waals surface area contributed by atoms with Gasteiger partial charge in [0, 0.05) is 31.3 Å². The van der Waals surface area contributed by atoms with Crippen LogP contribution in [-0.4, -0.2) is 141 Å². The van der Waals surface area contributed by atoms with Crippen LogP contribution in [0.1, 0.15) is 72.1 Å². The van der Waals surface area contributed by atoms with Gasteiger partial charge in [0.05, 0.1) is 83.8 Å². The van der Waals surface area contributed by atoms with Crippen LogP contribution in [-0.2, 0) is 47.2 Å². The topological polar surface area (TPSA) is 293 Å². The number of anilines is 4. The Hall–Kier alpha value is -5.64. The van der Waals surface area contributed by atoms with Crippen LogP contribution in [0.5, 0.6) is 23.0 Å². The van der Waals surface area contributed by atoms with Crippen LogP contribution >= 0.6 is 65.6 Å². The Bertz CT molecular complexity index is 3060. The van der Waals surface area contributed by atoms with E-state index < -0.39 is 47.9 Å². The zero-order chi connectivity index (χ0) is 67.3. The van der Waals surface area contributed by atoms with Crippen LogP contribution in [0.2, 0.25) is 10.3 Å². The fourth-order valence-corrected chi connectivity index (χ4v) is 8.32. The molecule has 4 aromatic carbocycles. The van der Waals surface area contributed by atoms with E-state index in [2.05, 4.69) is 57.3 Å². The number of amides is 2. The number of aliphatic carboxylic acids is 1. The summed E-state index contributed by atoms with van der Waals surface area (Å²) in [5.74, 6) is 0.182. The van der Waals surface area contributed by atoms with E-state index in [1.165, 1.54) is 18.2 Å². The van der Waals surface area contributed by atoms with Gasteiger partial charge in [-0.15, -0.1) is 11.6 Å². The maximum absolute atomic E-state index is 12.6. The average molecular weight is 1380 g/mol. The van der Waals surface area contributed by atoms with Crippen LogP contribution < -0.4 is 44.9 Å². The number of carboxylic acid groups (broad SMARTS) is 1. The number of nitro groups is 1. The van der Waals surface area contributed by atoms with Crippen molar-refractivity contribution >= 4 is 123 Å². The minimum atomic E-state index is -4.52. The van der Waals surface area contributed by atoms with E-state index >= 15 is 0 Å². The summed E-state index contributed by atoms with van der Waals surface area (Å²) in [5.41, 5.74) is 2.68. The first-order chi connectivity index (χ1) is 40.9. The summed E-state index contributed by atoms with van der Waals surface area (Å²) in [4.78, 5) is 76.6. The highest BCUT2D eigenvalue weighted by atomic mass is 35.5. The zero-order valence-electron chi connectivity index (χ0n) is 50.8. The third-order valence-corrected chi connectivity index (χ3v) is 12.3. The van der Waals surface area contributed by atoms with Gasteiger partial charge in [-0.25, -0.2) is 0 Å². The van der Waals surface area contributed by atoms with E-state index in [1.807, 2.05) is 90.2 Å². The van der Waals surface area contributed by atoms with Gasteiger partial charge in [0.25, 0.3) is 5.91 Å². The van der Waals surface area contributed by atoms with Crippen molar-refractivity contribution in [1.82, 2.24) is 20.3 Å². The van der Waals surface area contributed by atoms with Gasteiger partial charge < -0.3 is 58.8 Å². The first kappa shape index (κ1) is 80.4. The van der Waals surface area contributed by atoms with Crippen LogP contribution in [0.15, 0.2) is 78.9 Å². The predicted molar refractivity (Wildman–Crippen MR) is 343 cm³/mol. The molecule has 0 fully saturated rings. The number of benzene rings is 4. The summed E-state index contributed by atoms with van der Waals surface area (Å²) in [5, 5.41) is 27.0. The van der Waals surface area contributed by atoms with E-state index in [1.54, 1.807) is 23.8 Å². The van der Waals surface area contributed by atoms with Gasteiger partial charge in [-0.3, -0.25) is 29.8 Å². The molecule has 2 heterocycles. The van der Waals surface area contributed by atoms with Crippen LogP contribution in [0.3, 0.4) is 0 Å². The summed E-state index contributed by atoms with van der Waals surface area (Å²) in [7, 11) is -2.07. The van der Waals surface area contributed by atoms with Crippen molar-refractivity contribution in [3.63, 3.8) is 0 Å². The van der Waals surface area contributed by atoms with Crippen molar-refractivity contribution in [1.29, 1.82) is 0 Å². The Morgan fingerprint density at radius 1 is 0.966 bits per heavy atom. The number of para-hydroxylation sites is 3. The fourth-order valence-electron chi connectivity index (χ4n) is 7.21. The van der Waals surface area contributed by atoms with Crippen LogP contribution in [0, 0.1) is 17.0 Å². The maximum atomic E-state index is 12.6. The minimum Gasteiger partial charge on any atom is -0.778 e. The molecular weight excluding hydrogens is 1300 g/mol. The van der Waals surface area contributed by atoms with E-state index in [0.29, 0.717) is 41.8 Å². The molecule has 5 aromatic rings. The molecule has 1 aliphatic heterocycles. The van der Waals surface area contributed by atoms with Crippen molar-refractivity contribution < 1.29 is 70.9 Å². The molecular formula is C56H76Cl5F3N9O13PS. The molecule has 0 radical (unpaired) electrons. The number of hydrogen-bond acceptors (Lipinski definition) is 17. The van der Waals surface area contributed by atoms with E-state index in [-0.39, 0.29) is 75.2 Å². The molecule has 3 unspecified atom stereocenters. The van der Waals surface area contributed by atoms with Gasteiger partial charge in [-0.05, 0) is 132 Å². The molecule has 490 valence electrons. The Balaban J connectivity index is 0.000000554. The quantitative estimate of drug-likeness (QED) is 0.0169. The maximum Gasteiger partial charge on any atom is 0.416 e. The second kappa shape index (κ2) is 39.5. The molecule has 1 aliphatic rings. The minimum absolute atomic E-state index is 0.0111. The number of carbonyl (C=O) groups is 3. The number of aromatic nitrogens is 3. The van der Waals surface area contributed by atoms with Crippen molar-refractivity contribution in [3.05, 3.63) is 116 Å². The van der Waals surface area contributed by atoms with Crippen molar-refractivity contribution in [3.8, 4) is 23.0 Å². The zero-order valence-corrected chi connectivity index (χ0v) is 56.3. The molecule has 0 bridgehead atoms. The molecule has 0 spiro atoms. The van der Waals surface area contributed by atoms with E-state index in [4.69, 9.17) is 87.0 Å². The number of hydrogen-bond donors (Lipinski definition) is 5. The molecule has 0 aliphatic carbocycles. The number of aryl methyl sites for hydroxylation is 2. The number of carbonyl (C=O) groups excluding carboxylic acids is 2. The van der Waals surface area contributed by atoms with Gasteiger partial charge in [0.2, 0.25) is 28.8 Å². The lowest BCUT2D eigenvalue weighted by Crippen LogP contribution is -2.47. The van der Waals surface area contributed by atoms with Gasteiger partial charge in [-0.2, -0.15) is 28.1 Å². The summed E-state index contributed by atoms with van der Waals surface area (Å²) in [6.07, 6.45) is 2.24. The van der Waals surface area contributed by atoms with Gasteiger partial charge in [0.15, 0.2) is 4.84 Å². The predicted octanol–water partition coefficient (Wildman–Crippen LogP) is 12.1. The average Bonchev–Trinajstić information content (AvgIpc) is 0.937. The lowest BCUT2D eigenvalue weighted by molar-refractivity contribution is -0.385. The smallest absolute Gasteiger partial charge is 0.416 e. The number of nitrogens with one attached hydrogen (secondary N) is 3. The Morgan fingerprint density at radius 2 is 1.59 bits per heavy atom. The van der Waals surface area contributed by atoms with E-state index in [0.717, 1.165) is 53.7 Å². The normalized spacial score (nSPS) is 13.4. The monoisotopic (exact) mass is 1380 g/mol. The molecule has 0 saturated carbocycles. The van der Waals surface area contributed by atoms with E-state index in [9.17, 15) is 47.1 Å². The second-order valence-corrected chi connectivity index (χ2v) is 26.0. The second-order valence-electron chi connectivity index (χ2n) is 19.8. The van der Waals surface area contributed by atoms with Gasteiger partial charge in [-0.1, -0.05) is 72.1 Å². The Labute approximate surface area is 539 Å².